The number of hydrogen-bond donors (Lipinski definition) is 2. The minimum atomic E-state index is 0.922. The summed E-state index contributed by atoms with van der Waals surface area (Å²) < 4.78 is 0. The van der Waals surface area contributed by atoms with Gasteiger partial charge in [-0.2, -0.15) is 0 Å². The van der Waals surface area contributed by atoms with Crippen LogP contribution in [0.15, 0.2) is 23.5 Å². The first-order chi connectivity index (χ1) is 5.88. The molecule has 0 unspecified atom stereocenters. The van der Waals surface area contributed by atoms with Crippen molar-refractivity contribution in [1.29, 1.82) is 0 Å². The van der Waals surface area contributed by atoms with Crippen LogP contribution in [0.3, 0.4) is 0 Å². The van der Waals surface area contributed by atoms with E-state index in [1.165, 1.54) is 0 Å². The topological polar surface area (TPSA) is 42.5 Å². The smallest absolute Gasteiger partial charge is 0.0815 e. The van der Waals surface area contributed by atoms with Crippen molar-refractivity contribution in [3.05, 3.63) is 23.5 Å². The molecule has 0 saturated carbocycles. The Morgan fingerprint density at radius 2 is 1.42 bits per heavy atom. The quantitative estimate of drug-likeness (QED) is 0.614. The van der Waals surface area contributed by atoms with Gasteiger partial charge in [0.25, 0.3) is 0 Å². The van der Waals surface area contributed by atoms with E-state index in [9.17, 15) is 0 Å². The van der Waals surface area contributed by atoms with Gasteiger partial charge in [-0.05, 0) is 12.8 Å². The lowest BCUT2D eigenvalue weighted by molar-refractivity contribution is 0.0958. The predicted octanol–water partition coefficient (Wildman–Crippen LogP) is 0.850. The molecule has 0 amide bonds. The van der Waals surface area contributed by atoms with Crippen molar-refractivity contribution >= 4 is 0 Å². The number of rotatable bonds is 4. The van der Waals surface area contributed by atoms with Crippen molar-refractivity contribution < 1.29 is 9.68 Å². The highest BCUT2D eigenvalue weighted by molar-refractivity contribution is 5.28. The summed E-state index contributed by atoms with van der Waals surface area (Å²) in [5.74, 6) is 0. The summed E-state index contributed by atoms with van der Waals surface area (Å²) in [7, 11) is 3.17. The molecule has 0 aliphatic heterocycles. The molecule has 1 rings (SSSR count). The lowest BCUT2D eigenvalue weighted by Gasteiger charge is -2.16. The van der Waals surface area contributed by atoms with Gasteiger partial charge in [0.2, 0.25) is 0 Å². The molecule has 0 aromatic carbocycles. The maximum atomic E-state index is 4.80. The average Bonchev–Trinajstić information content (AvgIpc) is 2.09. The van der Waals surface area contributed by atoms with E-state index in [0.29, 0.717) is 0 Å². The highest BCUT2D eigenvalue weighted by Crippen LogP contribution is 2.13. The maximum Gasteiger partial charge on any atom is 0.0815 e. The SMILES string of the molecule is CONC1=CCCC=C1NOC. The average molecular weight is 170 g/mol. The van der Waals surface area contributed by atoms with Gasteiger partial charge in [0.1, 0.15) is 0 Å². The minimum Gasteiger partial charge on any atom is -0.279 e. The van der Waals surface area contributed by atoms with Gasteiger partial charge in [-0.25, -0.2) is 0 Å². The molecule has 4 heteroatoms. The summed E-state index contributed by atoms with van der Waals surface area (Å²) in [6, 6.07) is 0. The van der Waals surface area contributed by atoms with Crippen molar-refractivity contribution in [2.24, 2.45) is 0 Å². The molecule has 1 aliphatic rings. The van der Waals surface area contributed by atoms with Gasteiger partial charge in [0, 0.05) is 0 Å². The standard InChI is InChI=1S/C8H14N2O2/c1-11-9-7-5-3-4-6-8(7)10-12-2/h5-6,9-10H,3-4H2,1-2H3. The molecule has 12 heavy (non-hydrogen) atoms. The Morgan fingerprint density at radius 1 is 1.00 bits per heavy atom. The van der Waals surface area contributed by atoms with Crippen LogP contribution in [-0.4, -0.2) is 14.2 Å². The van der Waals surface area contributed by atoms with Crippen LogP contribution in [0.2, 0.25) is 0 Å². The third kappa shape index (κ3) is 2.25. The molecular formula is C8H14N2O2. The monoisotopic (exact) mass is 170 g/mol. The molecule has 0 aromatic rings. The fraction of sp³-hybridized carbons (Fsp3) is 0.500. The third-order valence-corrected chi connectivity index (χ3v) is 1.58. The Morgan fingerprint density at radius 3 is 1.75 bits per heavy atom. The molecule has 0 fully saturated rings. The summed E-state index contributed by atoms with van der Waals surface area (Å²) in [5, 5.41) is 0. The molecule has 2 N–H and O–H groups in total. The first kappa shape index (κ1) is 9.09. The molecule has 0 aromatic heterocycles. The number of hydrogen-bond acceptors (Lipinski definition) is 4. The van der Waals surface area contributed by atoms with Crippen LogP contribution in [0.1, 0.15) is 12.8 Å². The Kier molecular flexibility index (Phi) is 3.63. The zero-order chi connectivity index (χ0) is 8.81. The molecule has 0 bridgehead atoms. The second-order valence-electron chi connectivity index (χ2n) is 2.43. The number of hydroxylamine groups is 2. The van der Waals surface area contributed by atoms with Gasteiger partial charge in [-0.3, -0.25) is 20.6 Å². The van der Waals surface area contributed by atoms with Crippen molar-refractivity contribution in [1.82, 2.24) is 11.0 Å². The molecule has 0 radical (unpaired) electrons. The zero-order valence-corrected chi connectivity index (χ0v) is 7.39. The van der Waals surface area contributed by atoms with Gasteiger partial charge in [0.05, 0.1) is 25.6 Å². The number of nitrogens with one attached hydrogen (secondary N) is 2. The predicted molar refractivity (Wildman–Crippen MR) is 45.7 cm³/mol. The van der Waals surface area contributed by atoms with Crippen molar-refractivity contribution in [2.45, 2.75) is 12.8 Å². The Labute approximate surface area is 72.1 Å². The van der Waals surface area contributed by atoms with Gasteiger partial charge < -0.3 is 0 Å². The lowest BCUT2D eigenvalue weighted by atomic mass is 10.1. The molecule has 0 saturated heterocycles. The van der Waals surface area contributed by atoms with Crippen LogP contribution in [0.4, 0.5) is 0 Å². The molecular weight excluding hydrogens is 156 g/mol. The highest BCUT2D eigenvalue weighted by atomic mass is 16.6. The normalized spacial score (nSPS) is 16.5. The van der Waals surface area contributed by atoms with Gasteiger partial charge in [0.15, 0.2) is 0 Å². The second kappa shape index (κ2) is 4.79. The highest BCUT2D eigenvalue weighted by Gasteiger charge is 2.07. The van der Waals surface area contributed by atoms with Gasteiger partial charge in [-0.1, -0.05) is 12.2 Å². The Bertz CT molecular complexity index is 177. The fourth-order valence-electron chi connectivity index (χ4n) is 1.09. The largest absolute Gasteiger partial charge is 0.279 e. The van der Waals surface area contributed by atoms with Crippen LogP contribution in [0, 0.1) is 0 Å². The van der Waals surface area contributed by atoms with E-state index in [2.05, 4.69) is 23.1 Å². The van der Waals surface area contributed by atoms with Gasteiger partial charge >= 0.3 is 0 Å². The van der Waals surface area contributed by atoms with E-state index in [1.54, 1.807) is 14.2 Å². The van der Waals surface area contributed by atoms with Crippen molar-refractivity contribution in [2.75, 3.05) is 14.2 Å². The van der Waals surface area contributed by atoms with Crippen LogP contribution < -0.4 is 11.0 Å². The molecule has 4 nitrogen and oxygen atoms in total. The summed E-state index contributed by atoms with van der Waals surface area (Å²) in [4.78, 5) is 9.61. The Hall–Kier alpha value is -1.00. The summed E-state index contributed by atoms with van der Waals surface area (Å²) in [6.45, 7) is 0. The van der Waals surface area contributed by atoms with Crippen LogP contribution in [0.25, 0.3) is 0 Å². The maximum absolute atomic E-state index is 4.80. The Balaban J connectivity index is 2.55. The summed E-state index contributed by atoms with van der Waals surface area (Å²) in [5.41, 5.74) is 7.38. The fourth-order valence-corrected chi connectivity index (χ4v) is 1.09. The second-order valence-corrected chi connectivity index (χ2v) is 2.43. The molecule has 0 atom stereocenters. The van der Waals surface area contributed by atoms with E-state index in [0.717, 1.165) is 24.2 Å². The zero-order valence-electron chi connectivity index (χ0n) is 7.39. The molecule has 0 spiro atoms. The third-order valence-electron chi connectivity index (χ3n) is 1.58. The van der Waals surface area contributed by atoms with Gasteiger partial charge in [-0.15, -0.1) is 0 Å². The summed E-state index contributed by atoms with van der Waals surface area (Å²) >= 11 is 0. The molecule has 0 heterocycles. The van der Waals surface area contributed by atoms with E-state index < -0.39 is 0 Å². The van der Waals surface area contributed by atoms with Crippen LogP contribution >= 0.6 is 0 Å². The molecule has 1 aliphatic carbocycles. The van der Waals surface area contributed by atoms with E-state index in [1.807, 2.05) is 0 Å². The lowest BCUT2D eigenvalue weighted by Crippen LogP contribution is -2.23. The molecule has 68 valence electrons. The van der Waals surface area contributed by atoms with E-state index in [-0.39, 0.29) is 0 Å². The van der Waals surface area contributed by atoms with Crippen molar-refractivity contribution in [3.63, 3.8) is 0 Å². The minimum absolute atomic E-state index is 0.922. The van der Waals surface area contributed by atoms with Crippen LogP contribution in [-0.2, 0) is 9.68 Å². The van der Waals surface area contributed by atoms with Crippen molar-refractivity contribution in [3.8, 4) is 0 Å². The van der Waals surface area contributed by atoms with E-state index in [4.69, 9.17) is 9.68 Å². The first-order valence-corrected chi connectivity index (χ1v) is 3.87. The summed E-state index contributed by atoms with van der Waals surface area (Å²) in [6.07, 6.45) is 6.18. The van der Waals surface area contributed by atoms with E-state index >= 15 is 0 Å². The van der Waals surface area contributed by atoms with Crippen LogP contribution in [0.5, 0.6) is 0 Å². The number of allylic oxidation sites excluding steroid dienone is 2. The first-order valence-electron chi connectivity index (χ1n) is 3.87.